The van der Waals surface area contributed by atoms with Crippen molar-refractivity contribution < 1.29 is 23.5 Å². The van der Waals surface area contributed by atoms with Crippen molar-refractivity contribution in [1.29, 1.82) is 0 Å². The Morgan fingerprint density at radius 2 is 2.07 bits per heavy atom. The van der Waals surface area contributed by atoms with Crippen molar-refractivity contribution in [2.75, 3.05) is 18.6 Å². The zero-order valence-electron chi connectivity index (χ0n) is 15.9. The molecule has 1 amide bonds. The Bertz CT molecular complexity index is 900. The second kappa shape index (κ2) is 8.39. The third-order valence-corrected chi connectivity index (χ3v) is 4.87. The molecule has 2 aromatic rings. The topological polar surface area (TPSA) is 81.9 Å². The van der Waals surface area contributed by atoms with Crippen molar-refractivity contribution in [1.82, 2.24) is 0 Å². The summed E-state index contributed by atoms with van der Waals surface area (Å²) in [5, 5.41) is 0. The molecule has 148 valence electrons. The molecular formula is C21H23FN2O4. The normalized spacial score (nSPS) is 14.2. The highest BCUT2D eigenvalue weighted by Crippen LogP contribution is 2.32. The van der Waals surface area contributed by atoms with Gasteiger partial charge in [-0.3, -0.25) is 4.79 Å². The summed E-state index contributed by atoms with van der Waals surface area (Å²) in [7, 11) is 1.23. The van der Waals surface area contributed by atoms with E-state index in [9.17, 15) is 14.0 Å². The van der Waals surface area contributed by atoms with Crippen LogP contribution in [0.1, 0.15) is 35.6 Å². The minimum Gasteiger partial charge on any atom is -0.437 e. The lowest BCUT2D eigenvalue weighted by atomic mass is 9.97. The first-order chi connectivity index (χ1) is 13.4. The molecular weight excluding hydrogens is 363 g/mol. The first kappa shape index (κ1) is 19.8. The molecule has 0 aliphatic carbocycles. The predicted octanol–water partition coefficient (Wildman–Crippen LogP) is 3.65. The second-order valence-corrected chi connectivity index (χ2v) is 6.78. The third-order valence-electron chi connectivity index (χ3n) is 4.87. The molecule has 2 N–H and O–H groups in total. The molecule has 1 aliphatic heterocycles. The van der Waals surface area contributed by atoms with Gasteiger partial charge in [-0.15, -0.1) is 0 Å². The lowest BCUT2D eigenvalue weighted by Crippen LogP contribution is -2.38. The quantitative estimate of drug-likeness (QED) is 0.641. The molecule has 1 heterocycles. The fourth-order valence-corrected chi connectivity index (χ4v) is 3.53. The maximum absolute atomic E-state index is 14.3. The number of carbonyl (C=O) groups is 2. The van der Waals surface area contributed by atoms with Crippen LogP contribution in [-0.2, 0) is 16.0 Å². The summed E-state index contributed by atoms with van der Waals surface area (Å²) >= 11 is 0. The van der Waals surface area contributed by atoms with Crippen molar-refractivity contribution in [2.45, 2.75) is 32.2 Å². The molecule has 3 rings (SSSR count). The summed E-state index contributed by atoms with van der Waals surface area (Å²) in [4.78, 5) is 25.6. The van der Waals surface area contributed by atoms with E-state index >= 15 is 0 Å². The summed E-state index contributed by atoms with van der Waals surface area (Å²) in [6.07, 6.45) is 0.781. The van der Waals surface area contributed by atoms with Gasteiger partial charge >= 0.3 is 6.16 Å². The number of methoxy groups -OCH3 is 1. The van der Waals surface area contributed by atoms with Gasteiger partial charge in [-0.1, -0.05) is 18.2 Å². The smallest absolute Gasteiger partial charge is 0.437 e. The van der Waals surface area contributed by atoms with E-state index < -0.39 is 12.2 Å². The van der Waals surface area contributed by atoms with E-state index in [4.69, 9.17) is 10.5 Å². The van der Waals surface area contributed by atoms with Gasteiger partial charge in [0.2, 0.25) is 5.91 Å². The van der Waals surface area contributed by atoms with Gasteiger partial charge in [0.25, 0.3) is 0 Å². The molecule has 28 heavy (non-hydrogen) atoms. The lowest BCUT2D eigenvalue weighted by molar-refractivity contribution is -0.119. The van der Waals surface area contributed by atoms with Crippen molar-refractivity contribution in [2.24, 2.45) is 5.73 Å². The number of halogens is 1. The molecule has 0 bridgehead atoms. The molecule has 1 unspecified atom stereocenters. The summed E-state index contributed by atoms with van der Waals surface area (Å²) in [5.41, 5.74) is 9.02. The van der Waals surface area contributed by atoms with Crippen LogP contribution in [0, 0.1) is 12.7 Å². The van der Waals surface area contributed by atoms with Crippen LogP contribution in [0.4, 0.5) is 14.9 Å². The van der Waals surface area contributed by atoms with Crippen molar-refractivity contribution in [3.63, 3.8) is 0 Å². The number of rotatable bonds is 4. The van der Waals surface area contributed by atoms with E-state index in [2.05, 4.69) is 4.74 Å². The highest BCUT2D eigenvalue weighted by atomic mass is 19.1. The van der Waals surface area contributed by atoms with Gasteiger partial charge in [-0.05, 0) is 54.7 Å². The van der Waals surface area contributed by atoms with Crippen LogP contribution in [0.25, 0.3) is 0 Å². The van der Waals surface area contributed by atoms with E-state index in [0.29, 0.717) is 18.0 Å². The molecule has 1 atom stereocenters. The molecule has 0 saturated carbocycles. The molecule has 7 heteroatoms. The number of para-hydroxylation sites is 1. The van der Waals surface area contributed by atoms with Crippen LogP contribution in [0.5, 0.6) is 5.75 Å². The van der Waals surface area contributed by atoms with E-state index in [1.165, 1.54) is 18.1 Å². The average Bonchev–Trinajstić information content (AvgIpc) is 2.67. The number of benzene rings is 2. The number of anilines is 1. The van der Waals surface area contributed by atoms with E-state index in [1.54, 1.807) is 24.3 Å². The number of fused-ring (bicyclic) bond motifs is 1. The monoisotopic (exact) mass is 386 g/mol. The van der Waals surface area contributed by atoms with Gasteiger partial charge < -0.3 is 20.1 Å². The molecule has 0 fully saturated rings. The van der Waals surface area contributed by atoms with Crippen molar-refractivity contribution >= 4 is 17.7 Å². The van der Waals surface area contributed by atoms with Crippen LogP contribution >= 0.6 is 0 Å². The van der Waals surface area contributed by atoms with Gasteiger partial charge in [0.05, 0.1) is 12.8 Å². The zero-order chi connectivity index (χ0) is 20.3. The standard InChI is InChI=1S/C21H23FN2O4/c1-13-11-15(28-21(26)27-2)8-9-16(13)18(23)12-19(25)24-10-4-6-14-5-3-7-17(22)20(14)24/h3,5,7-9,11,18H,4,6,10,12,23H2,1-2H3. The fraction of sp³-hybridized carbons (Fsp3) is 0.333. The van der Waals surface area contributed by atoms with Gasteiger partial charge in [-0.25, -0.2) is 9.18 Å². The Hall–Kier alpha value is -2.93. The summed E-state index contributed by atoms with van der Waals surface area (Å²) in [5.74, 6) is -0.272. The van der Waals surface area contributed by atoms with E-state index in [1.807, 2.05) is 13.0 Å². The highest BCUT2D eigenvalue weighted by Gasteiger charge is 2.27. The molecule has 2 aromatic carbocycles. The van der Waals surface area contributed by atoms with Crippen LogP contribution < -0.4 is 15.4 Å². The Morgan fingerprint density at radius 1 is 1.29 bits per heavy atom. The van der Waals surface area contributed by atoms with Crippen molar-refractivity contribution in [3.8, 4) is 5.75 Å². The Labute approximate surface area is 163 Å². The molecule has 0 saturated heterocycles. The number of carbonyl (C=O) groups excluding carboxylic acids is 2. The van der Waals surface area contributed by atoms with Crippen LogP contribution in [0.3, 0.4) is 0 Å². The largest absolute Gasteiger partial charge is 0.513 e. The minimum absolute atomic E-state index is 0.0474. The fourth-order valence-electron chi connectivity index (χ4n) is 3.53. The van der Waals surface area contributed by atoms with E-state index in [-0.39, 0.29) is 18.1 Å². The van der Waals surface area contributed by atoms with Gasteiger partial charge in [0, 0.05) is 19.0 Å². The number of nitrogens with zero attached hydrogens (tertiary/aromatic N) is 1. The Balaban J connectivity index is 1.74. The molecule has 0 radical (unpaired) electrons. The minimum atomic E-state index is -0.808. The summed E-state index contributed by atoms with van der Waals surface area (Å²) in [6, 6.07) is 9.30. The zero-order valence-corrected chi connectivity index (χ0v) is 15.9. The highest BCUT2D eigenvalue weighted by molar-refractivity contribution is 5.95. The van der Waals surface area contributed by atoms with Crippen LogP contribution in [0.2, 0.25) is 0 Å². The molecule has 0 spiro atoms. The number of aryl methyl sites for hydroxylation is 2. The van der Waals surface area contributed by atoms with Crippen LogP contribution in [-0.4, -0.2) is 25.7 Å². The van der Waals surface area contributed by atoms with Crippen molar-refractivity contribution in [3.05, 3.63) is 58.9 Å². The first-order valence-electron chi connectivity index (χ1n) is 9.10. The first-order valence-corrected chi connectivity index (χ1v) is 9.10. The number of amides is 1. The Morgan fingerprint density at radius 3 is 2.79 bits per heavy atom. The number of ether oxygens (including phenoxy) is 2. The SMILES string of the molecule is COC(=O)Oc1ccc(C(N)CC(=O)N2CCCc3cccc(F)c32)c(C)c1. The van der Waals surface area contributed by atoms with Gasteiger partial charge in [0.1, 0.15) is 11.6 Å². The molecule has 6 nitrogen and oxygen atoms in total. The predicted molar refractivity (Wildman–Crippen MR) is 103 cm³/mol. The number of nitrogens with two attached hydrogens (primary N) is 1. The van der Waals surface area contributed by atoms with Gasteiger partial charge in [-0.2, -0.15) is 0 Å². The van der Waals surface area contributed by atoms with Gasteiger partial charge in [0.15, 0.2) is 0 Å². The second-order valence-electron chi connectivity index (χ2n) is 6.78. The molecule has 0 aromatic heterocycles. The molecule has 1 aliphatic rings. The average molecular weight is 386 g/mol. The maximum Gasteiger partial charge on any atom is 0.513 e. The Kier molecular flexibility index (Phi) is 5.94. The third kappa shape index (κ3) is 4.14. The summed E-state index contributed by atoms with van der Waals surface area (Å²) < 4.78 is 23.8. The summed E-state index contributed by atoms with van der Waals surface area (Å²) in [6.45, 7) is 2.30. The lowest BCUT2D eigenvalue weighted by Gasteiger charge is -2.30. The number of hydrogen-bond donors (Lipinski definition) is 1. The number of hydrogen-bond acceptors (Lipinski definition) is 5. The van der Waals surface area contributed by atoms with E-state index in [0.717, 1.165) is 29.5 Å². The van der Waals surface area contributed by atoms with Crippen LogP contribution in [0.15, 0.2) is 36.4 Å². The maximum atomic E-state index is 14.3.